The lowest BCUT2D eigenvalue weighted by Gasteiger charge is -2.44. The Labute approximate surface area is 205 Å². The molecule has 3 aromatic rings. The molecule has 6 rings (SSSR count). The van der Waals surface area contributed by atoms with E-state index in [0.29, 0.717) is 36.0 Å². The van der Waals surface area contributed by atoms with E-state index in [-0.39, 0.29) is 18.2 Å². The van der Waals surface area contributed by atoms with Crippen LogP contribution in [0, 0.1) is 5.82 Å². The molecule has 1 aromatic heterocycles. The molecule has 7 nitrogen and oxygen atoms in total. The fraction of sp³-hybridized carbons (Fsp3) is 0.231. The van der Waals surface area contributed by atoms with Crippen LogP contribution in [0.15, 0.2) is 70.5 Å². The van der Waals surface area contributed by atoms with Gasteiger partial charge in [0.2, 0.25) is 5.43 Å². The van der Waals surface area contributed by atoms with Crippen LogP contribution in [0.1, 0.15) is 39.6 Å². The Bertz CT molecular complexity index is 1440. The normalized spacial score (nSPS) is 19.8. The number of pyridine rings is 1. The molecule has 0 saturated carbocycles. The number of nitrogens with zero attached hydrogens (tertiary/aromatic N) is 3. The van der Waals surface area contributed by atoms with Gasteiger partial charge in [0.1, 0.15) is 30.9 Å². The standard InChI is InChI=1S/C26H22FN3O4S/c27-18-8-5-7-17-22-21-16(14-35-25(17)18)6-4-9-20(21)34-13-3-1-2-11-28-15-30(22)29-12-10-19(31)24(32)23(29)26(28)33/h1,3-10,12,22,32H,2,11,13-15H2/b3-1+/t22-/m1/s1. The quantitative estimate of drug-likeness (QED) is 0.483. The number of carbonyl (C=O) groups is 1. The van der Waals surface area contributed by atoms with Gasteiger partial charge in [-0.05, 0) is 29.7 Å². The maximum Gasteiger partial charge on any atom is 0.277 e. The smallest absolute Gasteiger partial charge is 0.277 e. The molecule has 0 unspecified atom stereocenters. The van der Waals surface area contributed by atoms with Crippen molar-refractivity contribution in [2.45, 2.75) is 23.1 Å². The summed E-state index contributed by atoms with van der Waals surface area (Å²) in [6, 6.07) is 11.5. The minimum Gasteiger partial charge on any atom is -0.502 e. The highest BCUT2D eigenvalue weighted by molar-refractivity contribution is 7.98. The van der Waals surface area contributed by atoms with Crippen molar-refractivity contribution in [1.29, 1.82) is 0 Å². The zero-order valence-electron chi connectivity index (χ0n) is 18.7. The minimum atomic E-state index is -0.625. The predicted octanol–water partition coefficient (Wildman–Crippen LogP) is 3.78. The van der Waals surface area contributed by atoms with Crippen molar-refractivity contribution in [3.8, 4) is 11.5 Å². The van der Waals surface area contributed by atoms with Crippen LogP contribution in [-0.2, 0) is 5.75 Å². The molecule has 9 heteroatoms. The second-order valence-electron chi connectivity index (χ2n) is 8.62. The molecule has 1 N–H and O–H groups in total. The van der Waals surface area contributed by atoms with E-state index in [1.54, 1.807) is 11.0 Å². The average molecular weight is 492 g/mol. The van der Waals surface area contributed by atoms with Gasteiger partial charge in [0, 0.05) is 35.0 Å². The summed E-state index contributed by atoms with van der Waals surface area (Å²) >= 11 is 1.43. The molecule has 4 heterocycles. The molecular formula is C26H22FN3O4S. The van der Waals surface area contributed by atoms with Crippen molar-refractivity contribution >= 4 is 17.7 Å². The molecule has 0 aliphatic carbocycles. The van der Waals surface area contributed by atoms with E-state index in [1.807, 2.05) is 41.4 Å². The number of benzene rings is 2. The number of aromatic hydroxyl groups is 1. The fourth-order valence-electron chi connectivity index (χ4n) is 4.98. The predicted molar refractivity (Wildman–Crippen MR) is 130 cm³/mol. The summed E-state index contributed by atoms with van der Waals surface area (Å²) in [7, 11) is 0. The first-order chi connectivity index (χ1) is 17.0. The van der Waals surface area contributed by atoms with Crippen LogP contribution in [-0.4, -0.2) is 40.4 Å². The van der Waals surface area contributed by atoms with Gasteiger partial charge >= 0.3 is 0 Å². The summed E-state index contributed by atoms with van der Waals surface area (Å²) in [5, 5.41) is 12.6. The SMILES string of the molecule is O=C1c2c(O)c(=O)ccn2N2CN1CC/C=C/COc1cccc3c1[C@H]2c1cccc(F)c1SC3. The van der Waals surface area contributed by atoms with E-state index >= 15 is 4.39 Å². The summed E-state index contributed by atoms with van der Waals surface area (Å²) < 4.78 is 22.8. The van der Waals surface area contributed by atoms with Gasteiger partial charge in [-0.1, -0.05) is 36.4 Å². The van der Waals surface area contributed by atoms with Crippen LogP contribution in [0.4, 0.5) is 4.39 Å². The van der Waals surface area contributed by atoms with Crippen molar-refractivity contribution in [3.63, 3.8) is 0 Å². The van der Waals surface area contributed by atoms with Crippen LogP contribution < -0.4 is 15.2 Å². The molecular weight excluding hydrogens is 469 g/mol. The molecule has 1 amide bonds. The van der Waals surface area contributed by atoms with Crippen molar-refractivity contribution < 1.29 is 19.0 Å². The number of fused-ring (bicyclic) bond motifs is 7. The van der Waals surface area contributed by atoms with Gasteiger partial charge in [-0.2, -0.15) is 0 Å². The van der Waals surface area contributed by atoms with E-state index in [1.165, 1.54) is 34.8 Å². The average Bonchev–Trinajstić information content (AvgIpc) is 3.02. The van der Waals surface area contributed by atoms with Gasteiger partial charge in [-0.25, -0.2) is 4.39 Å². The molecule has 178 valence electrons. The number of ether oxygens (including phenoxy) is 1. The monoisotopic (exact) mass is 491 g/mol. The Morgan fingerprint density at radius 1 is 1.09 bits per heavy atom. The molecule has 0 saturated heterocycles. The van der Waals surface area contributed by atoms with Crippen LogP contribution >= 0.6 is 11.8 Å². The highest BCUT2D eigenvalue weighted by atomic mass is 32.2. The number of hydrogen-bond donors (Lipinski definition) is 1. The van der Waals surface area contributed by atoms with Gasteiger partial charge in [-0.15, -0.1) is 11.8 Å². The first kappa shape index (κ1) is 21.8. The number of rotatable bonds is 0. The van der Waals surface area contributed by atoms with Crippen LogP contribution in [0.3, 0.4) is 0 Å². The molecule has 35 heavy (non-hydrogen) atoms. The molecule has 3 aliphatic heterocycles. The highest BCUT2D eigenvalue weighted by Crippen LogP contribution is 2.47. The number of amides is 1. The molecule has 0 spiro atoms. The highest BCUT2D eigenvalue weighted by Gasteiger charge is 2.40. The van der Waals surface area contributed by atoms with E-state index < -0.39 is 23.1 Å². The fourth-order valence-corrected chi connectivity index (χ4v) is 6.08. The van der Waals surface area contributed by atoms with E-state index in [0.717, 1.165) is 16.7 Å². The lowest BCUT2D eigenvalue weighted by Crippen LogP contribution is -2.55. The zero-order valence-corrected chi connectivity index (χ0v) is 19.5. The van der Waals surface area contributed by atoms with Crippen LogP contribution in [0.2, 0.25) is 0 Å². The number of aromatic nitrogens is 1. The van der Waals surface area contributed by atoms with Crippen LogP contribution in [0.25, 0.3) is 0 Å². The summed E-state index contributed by atoms with van der Waals surface area (Å²) in [5.41, 5.74) is 1.87. The van der Waals surface area contributed by atoms with Gasteiger partial charge in [0.05, 0.1) is 0 Å². The van der Waals surface area contributed by atoms with Gasteiger partial charge in [-0.3, -0.25) is 19.3 Å². The Balaban J connectivity index is 1.68. The number of halogens is 1. The van der Waals surface area contributed by atoms with Crippen molar-refractivity contribution in [1.82, 2.24) is 9.58 Å². The molecule has 2 aromatic carbocycles. The summed E-state index contributed by atoms with van der Waals surface area (Å²) in [6.07, 6.45) is 5.94. The second-order valence-corrected chi connectivity index (χ2v) is 9.61. The van der Waals surface area contributed by atoms with Gasteiger partial charge in [0.15, 0.2) is 11.4 Å². The largest absolute Gasteiger partial charge is 0.502 e. The van der Waals surface area contributed by atoms with Crippen molar-refractivity contribution in [3.05, 3.63) is 99.2 Å². The number of thioether (sulfide) groups is 1. The molecule has 0 radical (unpaired) electrons. The maximum absolute atomic E-state index is 15.1. The summed E-state index contributed by atoms with van der Waals surface area (Å²) in [5.74, 6) is -0.113. The number of carbonyl (C=O) groups excluding carboxylic acids is 1. The molecule has 0 fully saturated rings. The Kier molecular flexibility index (Phi) is 5.29. The third kappa shape index (κ3) is 3.49. The second kappa shape index (κ2) is 8.49. The first-order valence-electron chi connectivity index (χ1n) is 11.4. The lowest BCUT2D eigenvalue weighted by atomic mass is 9.93. The summed E-state index contributed by atoms with van der Waals surface area (Å²) in [4.78, 5) is 27.8. The topological polar surface area (TPSA) is 75.0 Å². The first-order valence-corrected chi connectivity index (χ1v) is 12.3. The van der Waals surface area contributed by atoms with E-state index in [2.05, 4.69) is 0 Å². The zero-order chi connectivity index (χ0) is 24.1. The number of hydrogen-bond acceptors (Lipinski definition) is 6. The lowest BCUT2D eigenvalue weighted by molar-refractivity contribution is 0.0682. The van der Waals surface area contributed by atoms with Crippen molar-refractivity contribution in [2.75, 3.05) is 24.8 Å². The van der Waals surface area contributed by atoms with Gasteiger partial charge < -0.3 is 14.7 Å². The van der Waals surface area contributed by atoms with E-state index in [4.69, 9.17) is 4.74 Å². The van der Waals surface area contributed by atoms with E-state index in [9.17, 15) is 14.7 Å². The third-order valence-corrected chi connectivity index (χ3v) is 7.77. The van der Waals surface area contributed by atoms with Gasteiger partial charge in [0.25, 0.3) is 5.91 Å². The Hall–Kier alpha value is -3.72. The molecule has 1 atom stereocenters. The molecule has 3 aliphatic rings. The Morgan fingerprint density at radius 3 is 2.83 bits per heavy atom. The summed E-state index contributed by atoms with van der Waals surface area (Å²) in [6.45, 7) is 0.936. The van der Waals surface area contributed by atoms with Crippen LogP contribution in [0.5, 0.6) is 11.5 Å². The van der Waals surface area contributed by atoms with Crippen molar-refractivity contribution in [2.24, 2.45) is 0 Å². The molecule has 2 bridgehead atoms. The Morgan fingerprint density at radius 2 is 1.94 bits per heavy atom. The third-order valence-electron chi connectivity index (χ3n) is 6.60. The maximum atomic E-state index is 15.1. The minimum absolute atomic E-state index is 0.0976.